The molecule has 1 aliphatic carbocycles. The molecule has 3 aromatic rings. The number of hydrogen-bond acceptors (Lipinski definition) is 6. The molecule has 178 valence electrons. The average Bonchev–Trinajstić information content (AvgIpc) is 3.30. The Bertz CT molecular complexity index is 1160. The smallest absolute Gasteiger partial charge is 0.251 e. The van der Waals surface area contributed by atoms with Gasteiger partial charge in [-0.15, -0.1) is 10.2 Å². The highest BCUT2D eigenvalue weighted by atomic mass is 16.4. The first-order chi connectivity index (χ1) is 16.3. The van der Waals surface area contributed by atoms with E-state index in [9.17, 15) is 9.59 Å². The molecule has 0 aliphatic heterocycles. The lowest BCUT2D eigenvalue weighted by molar-refractivity contribution is 0.0955. The third kappa shape index (κ3) is 3.98. The summed E-state index contributed by atoms with van der Waals surface area (Å²) in [7, 11) is 3.24. The Balaban J connectivity index is 2.04. The molecule has 4 rings (SSSR count). The Kier molecular flexibility index (Phi) is 6.52. The lowest BCUT2D eigenvalue weighted by Crippen LogP contribution is -2.37. The van der Waals surface area contributed by atoms with Gasteiger partial charge in [-0.2, -0.15) is 0 Å². The van der Waals surface area contributed by atoms with Gasteiger partial charge in [0.15, 0.2) is 0 Å². The second-order valence-electron chi connectivity index (χ2n) is 8.84. The molecule has 1 aliphatic rings. The predicted molar refractivity (Wildman–Crippen MR) is 129 cm³/mol. The Morgan fingerprint density at radius 3 is 1.94 bits per heavy atom. The maximum atomic E-state index is 12.4. The first kappa shape index (κ1) is 23.6. The number of rotatable bonds is 6. The number of fused-ring (bicyclic) bond motifs is 2. The molecule has 4 N–H and O–H groups in total. The fourth-order valence-corrected chi connectivity index (χ4v) is 5.01. The molecule has 0 saturated carbocycles. The van der Waals surface area contributed by atoms with Gasteiger partial charge in [-0.3, -0.25) is 9.59 Å². The van der Waals surface area contributed by atoms with Crippen molar-refractivity contribution in [2.75, 3.05) is 14.1 Å². The summed E-state index contributed by atoms with van der Waals surface area (Å²) in [6.07, 6.45) is 2.53. The lowest BCUT2D eigenvalue weighted by Gasteiger charge is -2.35. The normalized spacial score (nSPS) is 15.0. The van der Waals surface area contributed by atoms with Crippen LogP contribution in [0.1, 0.15) is 75.0 Å². The zero-order chi connectivity index (χ0) is 24.5. The van der Waals surface area contributed by atoms with Crippen LogP contribution in [0.5, 0.6) is 0 Å². The average molecular weight is 462 g/mol. The number of carbonyl (C=O) groups is 2. The van der Waals surface area contributed by atoms with Crippen molar-refractivity contribution in [1.82, 2.24) is 20.8 Å². The highest BCUT2D eigenvalue weighted by Gasteiger charge is 2.46. The summed E-state index contributed by atoms with van der Waals surface area (Å²) in [5.74, 6) is 0.743. The summed E-state index contributed by atoms with van der Waals surface area (Å²) in [4.78, 5) is 24.8. The van der Waals surface area contributed by atoms with E-state index in [1.54, 1.807) is 14.1 Å². The predicted octanol–water partition coefficient (Wildman–Crippen LogP) is 2.52. The zero-order valence-electron chi connectivity index (χ0n) is 20.1. The number of carbonyl (C=O) groups excluding carboxylic acids is 2. The van der Waals surface area contributed by atoms with Crippen LogP contribution in [-0.4, -0.2) is 42.1 Å². The number of benzene rings is 2. The standard InChI is InChI=1S/C26H31N5O3/c1-5-22-30-31-25(34-22)26(14-15(2)27)20-10-8-18(23(32)28-3)12-16(20)6-7-17-13-19(24(33)29-4)9-11-21(17)26/h8-13,15H,5-7,14,27H2,1-4H3,(H,28,32)(H,29,33)/t15-/m1/s1. The number of amides is 2. The van der Waals surface area contributed by atoms with Crippen molar-refractivity contribution in [3.63, 3.8) is 0 Å². The van der Waals surface area contributed by atoms with E-state index >= 15 is 0 Å². The van der Waals surface area contributed by atoms with Crippen molar-refractivity contribution in [2.24, 2.45) is 5.73 Å². The van der Waals surface area contributed by atoms with Crippen LogP contribution in [0.3, 0.4) is 0 Å². The number of nitrogens with two attached hydrogens (primary N) is 1. The van der Waals surface area contributed by atoms with Gasteiger partial charge in [0.1, 0.15) is 5.41 Å². The van der Waals surface area contributed by atoms with Gasteiger partial charge in [0.2, 0.25) is 11.8 Å². The molecular formula is C26H31N5O3. The molecule has 0 bridgehead atoms. The first-order valence-electron chi connectivity index (χ1n) is 11.6. The van der Waals surface area contributed by atoms with E-state index in [1.165, 1.54) is 0 Å². The van der Waals surface area contributed by atoms with Crippen LogP contribution < -0.4 is 16.4 Å². The van der Waals surface area contributed by atoms with Gasteiger partial charge in [-0.05, 0) is 72.7 Å². The van der Waals surface area contributed by atoms with Crippen LogP contribution in [0, 0.1) is 0 Å². The molecule has 8 heteroatoms. The number of nitrogens with one attached hydrogen (secondary N) is 2. The van der Waals surface area contributed by atoms with Gasteiger partial charge in [0.25, 0.3) is 11.8 Å². The Hall–Kier alpha value is -3.52. The number of aromatic nitrogens is 2. The summed E-state index contributed by atoms with van der Waals surface area (Å²) < 4.78 is 6.21. The molecule has 1 aromatic heterocycles. The minimum absolute atomic E-state index is 0.143. The van der Waals surface area contributed by atoms with Gasteiger partial charge in [0, 0.05) is 37.7 Å². The minimum Gasteiger partial charge on any atom is -0.424 e. The fraction of sp³-hybridized carbons (Fsp3) is 0.385. The van der Waals surface area contributed by atoms with Crippen molar-refractivity contribution in [3.05, 3.63) is 81.6 Å². The number of aryl methyl sites for hydroxylation is 3. The van der Waals surface area contributed by atoms with E-state index in [0.717, 1.165) is 22.3 Å². The maximum absolute atomic E-state index is 12.4. The van der Waals surface area contributed by atoms with Crippen molar-refractivity contribution < 1.29 is 14.0 Å². The molecule has 0 unspecified atom stereocenters. The molecule has 34 heavy (non-hydrogen) atoms. The molecule has 1 heterocycles. The highest BCUT2D eigenvalue weighted by Crippen LogP contribution is 2.47. The third-order valence-corrected chi connectivity index (χ3v) is 6.53. The van der Waals surface area contributed by atoms with Crippen LogP contribution in [-0.2, 0) is 24.7 Å². The Labute approximate surface area is 199 Å². The van der Waals surface area contributed by atoms with E-state index in [4.69, 9.17) is 10.2 Å². The van der Waals surface area contributed by atoms with Gasteiger partial charge >= 0.3 is 0 Å². The van der Waals surface area contributed by atoms with E-state index in [1.807, 2.05) is 50.2 Å². The van der Waals surface area contributed by atoms with E-state index < -0.39 is 5.41 Å². The minimum atomic E-state index is -0.807. The van der Waals surface area contributed by atoms with Gasteiger partial charge < -0.3 is 20.8 Å². The second kappa shape index (κ2) is 9.38. The zero-order valence-corrected chi connectivity index (χ0v) is 20.1. The van der Waals surface area contributed by atoms with Gasteiger partial charge in [-0.25, -0.2) is 0 Å². The quantitative estimate of drug-likeness (QED) is 0.518. The maximum Gasteiger partial charge on any atom is 0.251 e. The molecule has 0 saturated heterocycles. The van der Waals surface area contributed by atoms with Crippen molar-refractivity contribution in [1.29, 1.82) is 0 Å². The van der Waals surface area contributed by atoms with Crippen LogP contribution in [0.4, 0.5) is 0 Å². The van der Waals surface area contributed by atoms with Gasteiger partial charge in [-0.1, -0.05) is 19.1 Å². The third-order valence-electron chi connectivity index (χ3n) is 6.53. The molecular weight excluding hydrogens is 430 g/mol. The number of hydrogen-bond donors (Lipinski definition) is 3. The second-order valence-corrected chi connectivity index (χ2v) is 8.84. The summed E-state index contributed by atoms with van der Waals surface area (Å²) >= 11 is 0. The summed E-state index contributed by atoms with van der Waals surface area (Å²) in [5, 5.41) is 14.2. The van der Waals surface area contributed by atoms with Crippen LogP contribution >= 0.6 is 0 Å². The highest BCUT2D eigenvalue weighted by molar-refractivity contribution is 5.95. The Morgan fingerprint density at radius 1 is 1.00 bits per heavy atom. The van der Waals surface area contributed by atoms with Crippen LogP contribution in [0.25, 0.3) is 0 Å². The van der Waals surface area contributed by atoms with Crippen molar-refractivity contribution in [3.8, 4) is 0 Å². The molecule has 2 amide bonds. The van der Waals surface area contributed by atoms with Gasteiger partial charge in [0.05, 0.1) is 0 Å². The number of nitrogens with zero attached hydrogens (tertiary/aromatic N) is 2. The Morgan fingerprint density at radius 2 is 1.53 bits per heavy atom. The summed E-state index contributed by atoms with van der Waals surface area (Å²) in [6.45, 7) is 3.93. The van der Waals surface area contributed by atoms with E-state index in [2.05, 4.69) is 20.8 Å². The first-order valence-corrected chi connectivity index (χ1v) is 11.6. The van der Waals surface area contributed by atoms with Crippen LogP contribution in [0.15, 0.2) is 40.8 Å². The molecule has 1 atom stereocenters. The van der Waals surface area contributed by atoms with E-state index in [0.29, 0.717) is 48.6 Å². The SMILES string of the molecule is CCc1nnc(C2(C[C@@H](C)N)c3ccc(C(=O)NC)cc3CCc3cc(C(=O)NC)ccc32)o1. The summed E-state index contributed by atoms with van der Waals surface area (Å²) in [6, 6.07) is 11.3. The molecule has 8 nitrogen and oxygen atoms in total. The molecule has 0 radical (unpaired) electrons. The van der Waals surface area contributed by atoms with Crippen LogP contribution in [0.2, 0.25) is 0 Å². The lowest BCUT2D eigenvalue weighted by atomic mass is 9.68. The monoisotopic (exact) mass is 461 g/mol. The van der Waals surface area contributed by atoms with Crippen molar-refractivity contribution in [2.45, 2.75) is 51.0 Å². The molecule has 2 aromatic carbocycles. The molecule has 0 spiro atoms. The molecule has 0 fully saturated rings. The van der Waals surface area contributed by atoms with Crippen molar-refractivity contribution >= 4 is 11.8 Å². The largest absolute Gasteiger partial charge is 0.424 e. The summed E-state index contributed by atoms with van der Waals surface area (Å²) in [5.41, 5.74) is 10.8. The fourth-order valence-electron chi connectivity index (χ4n) is 5.01. The topological polar surface area (TPSA) is 123 Å². The van der Waals surface area contributed by atoms with E-state index in [-0.39, 0.29) is 17.9 Å².